The third-order valence-electron chi connectivity index (χ3n) is 5.95. The van der Waals surface area contributed by atoms with Gasteiger partial charge < -0.3 is 23.8 Å². The topological polar surface area (TPSA) is 81.1 Å². The van der Waals surface area contributed by atoms with Crippen LogP contribution in [0.2, 0.25) is 0 Å². The molecule has 0 saturated carbocycles. The van der Waals surface area contributed by atoms with Gasteiger partial charge in [0.1, 0.15) is 11.9 Å². The molecule has 0 bridgehead atoms. The molecule has 1 heterocycles. The first-order valence-corrected chi connectivity index (χ1v) is 10.7. The fourth-order valence-corrected chi connectivity index (χ4v) is 3.53. The Morgan fingerprint density at radius 2 is 1.74 bits per heavy atom. The lowest BCUT2D eigenvalue weighted by Crippen LogP contribution is -2.31. The van der Waals surface area contributed by atoms with Crippen molar-refractivity contribution < 1.29 is 28.1 Å². The van der Waals surface area contributed by atoms with Gasteiger partial charge in [0, 0.05) is 12.1 Å². The molecule has 1 N–H and O–H groups in total. The van der Waals surface area contributed by atoms with Crippen LogP contribution in [0, 0.1) is 16.6 Å². The van der Waals surface area contributed by atoms with Gasteiger partial charge in [-0.3, -0.25) is 10.2 Å². The van der Waals surface area contributed by atoms with Crippen LogP contribution in [0.1, 0.15) is 49.2 Å². The average Bonchev–Trinajstić information content (AvgIpc) is 3.07. The standard InChI is InChI=1S/C25H31FN2O5.BrH/c1-14(25(2,3)4)33-19-10-15(8-9-18(19)30-5)17(29)13-28-12-16-11-20(31-6)23(32-7)22(26)21(16)24(28)27;/h8-11,14,27H,12-13H2,1-7H3;1H/t14-;/m0./s1. The van der Waals surface area contributed by atoms with Crippen LogP contribution >= 0.6 is 17.0 Å². The zero-order valence-corrected chi connectivity index (χ0v) is 22.3. The maximum Gasteiger partial charge on any atom is 0.197 e. The van der Waals surface area contributed by atoms with Gasteiger partial charge >= 0.3 is 0 Å². The maximum atomic E-state index is 15.0. The van der Waals surface area contributed by atoms with Crippen molar-refractivity contribution in [1.82, 2.24) is 4.90 Å². The zero-order valence-electron chi connectivity index (χ0n) is 20.6. The summed E-state index contributed by atoms with van der Waals surface area (Å²) in [7, 11) is 4.32. The number of hydrogen-bond acceptors (Lipinski definition) is 6. The van der Waals surface area contributed by atoms with Crippen LogP contribution in [0.5, 0.6) is 23.0 Å². The maximum absolute atomic E-state index is 15.0. The summed E-state index contributed by atoms with van der Waals surface area (Å²) >= 11 is 0. The predicted molar refractivity (Wildman–Crippen MR) is 134 cm³/mol. The lowest BCUT2D eigenvalue weighted by Gasteiger charge is -2.28. The monoisotopic (exact) mass is 538 g/mol. The minimum atomic E-state index is -0.664. The van der Waals surface area contributed by atoms with E-state index in [-0.39, 0.29) is 70.3 Å². The lowest BCUT2D eigenvalue weighted by molar-refractivity contribution is 0.0949. The summed E-state index contributed by atoms with van der Waals surface area (Å²) in [4.78, 5) is 14.6. The number of ketones is 1. The number of benzene rings is 2. The zero-order chi connectivity index (χ0) is 24.5. The summed E-state index contributed by atoms with van der Waals surface area (Å²) in [5, 5.41) is 8.44. The van der Waals surface area contributed by atoms with Crippen LogP contribution in [-0.4, -0.2) is 50.5 Å². The third kappa shape index (κ3) is 5.29. The Morgan fingerprint density at radius 3 is 2.29 bits per heavy atom. The van der Waals surface area contributed by atoms with Crippen molar-refractivity contribution in [3.63, 3.8) is 0 Å². The van der Waals surface area contributed by atoms with Gasteiger partial charge in [0.2, 0.25) is 0 Å². The molecule has 186 valence electrons. The molecule has 34 heavy (non-hydrogen) atoms. The van der Waals surface area contributed by atoms with E-state index in [2.05, 4.69) is 20.8 Å². The minimum absolute atomic E-state index is 0. The highest BCUT2D eigenvalue weighted by atomic mass is 79.9. The van der Waals surface area contributed by atoms with Gasteiger partial charge in [-0.25, -0.2) is 4.39 Å². The molecule has 2 aromatic rings. The van der Waals surface area contributed by atoms with E-state index < -0.39 is 5.82 Å². The lowest BCUT2D eigenvalue weighted by atomic mass is 9.90. The molecular formula is C25H32BrFN2O5. The number of nitrogens with one attached hydrogen (secondary N) is 1. The summed E-state index contributed by atoms with van der Waals surface area (Å²) in [5.74, 6) is 0.254. The van der Waals surface area contributed by atoms with Crippen molar-refractivity contribution in [2.75, 3.05) is 27.9 Å². The molecule has 0 radical (unpaired) electrons. The molecule has 2 aromatic carbocycles. The first-order valence-electron chi connectivity index (χ1n) is 10.7. The van der Waals surface area contributed by atoms with Gasteiger partial charge in [-0.2, -0.15) is 0 Å². The second-order valence-electron chi connectivity index (χ2n) is 9.08. The van der Waals surface area contributed by atoms with Gasteiger partial charge in [0.25, 0.3) is 0 Å². The van der Waals surface area contributed by atoms with Crippen LogP contribution in [0.25, 0.3) is 0 Å². The molecule has 1 aliphatic rings. The summed E-state index contributed by atoms with van der Waals surface area (Å²) in [6, 6.07) is 6.65. The Hall–Kier alpha value is -2.81. The summed E-state index contributed by atoms with van der Waals surface area (Å²) in [6.45, 7) is 8.31. The van der Waals surface area contributed by atoms with Crippen LogP contribution in [0.4, 0.5) is 4.39 Å². The molecule has 1 aliphatic heterocycles. The van der Waals surface area contributed by atoms with E-state index in [1.165, 1.54) is 19.1 Å². The van der Waals surface area contributed by atoms with Gasteiger partial charge in [0.15, 0.2) is 34.6 Å². The van der Waals surface area contributed by atoms with E-state index in [4.69, 9.17) is 24.4 Å². The number of amidine groups is 1. The number of rotatable bonds is 8. The highest BCUT2D eigenvalue weighted by Crippen LogP contribution is 2.38. The highest BCUT2D eigenvalue weighted by Gasteiger charge is 2.33. The largest absolute Gasteiger partial charge is 0.493 e. The summed E-state index contributed by atoms with van der Waals surface area (Å²) in [6.07, 6.45) is -0.119. The number of Topliss-reactive ketones (excluding diaryl/α,β-unsaturated/α-hetero) is 1. The van der Waals surface area contributed by atoms with Gasteiger partial charge in [-0.1, -0.05) is 20.8 Å². The van der Waals surface area contributed by atoms with Crippen LogP contribution in [-0.2, 0) is 6.54 Å². The van der Waals surface area contributed by atoms with E-state index in [1.54, 1.807) is 31.4 Å². The van der Waals surface area contributed by atoms with Crippen molar-refractivity contribution in [1.29, 1.82) is 5.41 Å². The number of hydrogen-bond donors (Lipinski definition) is 1. The predicted octanol–water partition coefficient (Wildman–Crippen LogP) is 5.27. The third-order valence-corrected chi connectivity index (χ3v) is 5.95. The van der Waals surface area contributed by atoms with Gasteiger partial charge in [-0.05, 0) is 42.2 Å². The highest BCUT2D eigenvalue weighted by molar-refractivity contribution is 8.93. The van der Waals surface area contributed by atoms with Crippen molar-refractivity contribution >= 4 is 28.6 Å². The second-order valence-corrected chi connectivity index (χ2v) is 9.08. The van der Waals surface area contributed by atoms with Crippen LogP contribution < -0.4 is 18.9 Å². The Kier molecular flexibility index (Phi) is 8.58. The number of carbonyl (C=O) groups excluding carboxylic acids is 1. The first kappa shape index (κ1) is 27.4. The van der Waals surface area contributed by atoms with E-state index in [9.17, 15) is 9.18 Å². The van der Waals surface area contributed by atoms with Crippen molar-refractivity contribution in [2.45, 2.75) is 40.3 Å². The second kappa shape index (κ2) is 10.6. The van der Waals surface area contributed by atoms with Crippen LogP contribution in [0.15, 0.2) is 24.3 Å². The molecule has 0 spiro atoms. The average molecular weight is 539 g/mol. The van der Waals surface area contributed by atoms with Crippen molar-refractivity contribution in [2.24, 2.45) is 5.41 Å². The van der Waals surface area contributed by atoms with Crippen molar-refractivity contribution in [3.8, 4) is 23.0 Å². The molecule has 0 aromatic heterocycles. The fraction of sp³-hybridized carbons (Fsp3) is 0.440. The molecule has 1 atom stereocenters. The molecule has 7 nitrogen and oxygen atoms in total. The summed E-state index contributed by atoms with van der Waals surface area (Å²) < 4.78 is 36.8. The molecule has 0 amide bonds. The van der Waals surface area contributed by atoms with Crippen molar-refractivity contribution in [3.05, 3.63) is 46.8 Å². The molecule has 9 heteroatoms. The van der Waals surface area contributed by atoms with Crippen LogP contribution in [0.3, 0.4) is 0 Å². The summed E-state index contributed by atoms with van der Waals surface area (Å²) in [5.41, 5.74) is 1.01. The smallest absolute Gasteiger partial charge is 0.197 e. The number of fused-ring (bicyclic) bond motifs is 1. The first-order chi connectivity index (χ1) is 15.5. The molecule has 0 aliphatic carbocycles. The number of nitrogens with zero attached hydrogens (tertiary/aromatic N) is 1. The van der Waals surface area contributed by atoms with E-state index in [0.717, 1.165) is 0 Å². The molecule has 0 unspecified atom stereocenters. The van der Waals surface area contributed by atoms with E-state index in [0.29, 0.717) is 22.6 Å². The SMILES string of the molecule is Br.COc1ccc(C(=O)CN2Cc3cc(OC)c(OC)c(F)c3C2=N)cc1O[C@@H](C)C(C)(C)C. The number of ether oxygens (including phenoxy) is 4. The Balaban J connectivity index is 0.00000408. The quantitative estimate of drug-likeness (QED) is 0.461. The Bertz CT molecular complexity index is 1080. The van der Waals surface area contributed by atoms with Gasteiger partial charge in [0.05, 0.1) is 33.4 Å². The molecule has 0 saturated heterocycles. The molecular weight excluding hydrogens is 507 g/mol. The molecule has 0 fully saturated rings. The van der Waals surface area contributed by atoms with E-state index in [1.807, 2.05) is 6.92 Å². The number of halogens is 2. The van der Waals surface area contributed by atoms with E-state index >= 15 is 0 Å². The number of methoxy groups -OCH3 is 3. The number of carbonyl (C=O) groups is 1. The minimum Gasteiger partial charge on any atom is -0.493 e. The Labute approximate surface area is 210 Å². The Morgan fingerprint density at radius 1 is 1.09 bits per heavy atom. The van der Waals surface area contributed by atoms with Gasteiger partial charge in [-0.15, -0.1) is 17.0 Å². The fourth-order valence-electron chi connectivity index (χ4n) is 3.53. The normalized spacial score (nSPS) is 13.6. The molecule has 3 rings (SSSR count).